The normalized spacial score (nSPS) is 21.2. The highest BCUT2D eigenvalue weighted by atomic mass is 19.1. The quantitative estimate of drug-likeness (QED) is 0.778. The number of urea groups is 1. The Balaban J connectivity index is 1.49. The van der Waals surface area contributed by atoms with E-state index in [9.17, 15) is 14.3 Å². The van der Waals surface area contributed by atoms with Crippen LogP contribution in [0.25, 0.3) is 0 Å². The van der Waals surface area contributed by atoms with Crippen LogP contribution in [0.2, 0.25) is 0 Å². The molecule has 4 nitrogen and oxygen atoms in total. The number of hydrogen-bond acceptors (Lipinski definition) is 2. The summed E-state index contributed by atoms with van der Waals surface area (Å²) in [6.45, 7) is 0.798. The van der Waals surface area contributed by atoms with E-state index in [1.165, 1.54) is 6.07 Å². The molecule has 21 heavy (non-hydrogen) atoms. The van der Waals surface area contributed by atoms with Gasteiger partial charge < -0.3 is 15.7 Å². The van der Waals surface area contributed by atoms with Gasteiger partial charge in [0.2, 0.25) is 0 Å². The maximum Gasteiger partial charge on any atom is 0.314 e. The topological polar surface area (TPSA) is 61.4 Å². The summed E-state index contributed by atoms with van der Waals surface area (Å²) in [5, 5.41) is 15.5. The molecule has 0 heterocycles. The Kier molecular flexibility index (Phi) is 3.61. The SMILES string of the molecule is O=C(NCC1(O)CCC1)NCC1(c2cccc(F)c2)CC1. The molecule has 0 atom stereocenters. The Morgan fingerprint density at radius 2 is 1.90 bits per heavy atom. The molecule has 0 radical (unpaired) electrons. The largest absolute Gasteiger partial charge is 0.388 e. The van der Waals surface area contributed by atoms with Crippen LogP contribution in [0.15, 0.2) is 24.3 Å². The van der Waals surface area contributed by atoms with Gasteiger partial charge in [-0.2, -0.15) is 0 Å². The van der Waals surface area contributed by atoms with Crippen LogP contribution in [-0.2, 0) is 5.41 Å². The van der Waals surface area contributed by atoms with Crippen molar-refractivity contribution in [2.45, 2.75) is 43.1 Å². The molecule has 114 valence electrons. The Bertz CT molecular complexity index is 539. The Morgan fingerprint density at radius 1 is 1.19 bits per heavy atom. The third-order valence-electron chi connectivity index (χ3n) is 4.74. The third kappa shape index (κ3) is 3.18. The first-order valence-electron chi connectivity index (χ1n) is 7.52. The summed E-state index contributed by atoms with van der Waals surface area (Å²) in [5.41, 5.74) is 0.115. The van der Waals surface area contributed by atoms with Gasteiger partial charge >= 0.3 is 6.03 Å². The van der Waals surface area contributed by atoms with Crippen LogP contribution in [-0.4, -0.2) is 29.8 Å². The molecule has 2 saturated carbocycles. The molecule has 2 aliphatic carbocycles. The van der Waals surface area contributed by atoms with E-state index in [2.05, 4.69) is 10.6 Å². The minimum atomic E-state index is -0.711. The van der Waals surface area contributed by atoms with Gasteiger partial charge in [-0.15, -0.1) is 0 Å². The monoisotopic (exact) mass is 292 g/mol. The summed E-state index contributed by atoms with van der Waals surface area (Å²) >= 11 is 0. The van der Waals surface area contributed by atoms with Gasteiger partial charge in [-0.1, -0.05) is 12.1 Å². The smallest absolute Gasteiger partial charge is 0.314 e. The molecule has 0 spiro atoms. The lowest BCUT2D eigenvalue weighted by atomic mass is 9.80. The maximum absolute atomic E-state index is 13.3. The lowest BCUT2D eigenvalue weighted by Gasteiger charge is -2.36. The van der Waals surface area contributed by atoms with Crippen LogP contribution in [0.1, 0.15) is 37.7 Å². The van der Waals surface area contributed by atoms with Crippen molar-refractivity contribution in [3.8, 4) is 0 Å². The first kappa shape index (κ1) is 14.3. The number of carbonyl (C=O) groups is 1. The van der Waals surface area contributed by atoms with Gasteiger partial charge in [-0.3, -0.25) is 0 Å². The van der Waals surface area contributed by atoms with Gasteiger partial charge in [-0.05, 0) is 49.8 Å². The van der Waals surface area contributed by atoms with Gasteiger partial charge in [0.05, 0.1) is 5.60 Å². The van der Waals surface area contributed by atoms with Gasteiger partial charge in [-0.25, -0.2) is 9.18 Å². The van der Waals surface area contributed by atoms with E-state index in [-0.39, 0.29) is 17.3 Å². The Labute approximate surface area is 123 Å². The number of rotatable bonds is 5. The van der Waals surface area contributed by atoms with Crippen molar-refractivity contribution >= 4 is 6.03 Å². The van der Waals surface area contributed by atoms with Crippen molar-refractivity contribution in [1.29, 1.82) is 0 Å². The number of aliphatic hydroxyl groups is 1. The Hall–Kier alpha value is -1.62. The maximum atomic E-state index is 13.3. The van der Waals surface area contributed by atoms with Crippen LogP contribution in [0.3, 0.4) is 0 Å². The number of hydrogen-bond donors (Lipinski definition) is 3. The molecule has 2 amide bonds. The second-order valence-electron chi connectivity index (χ2n) is 6.40. The number of carbonyl (C=O) groups excluding carboxylic acids is 1. The van der Waals surface area contributed by atoms with Crippen LogP contribution < -0.4 is 10.6 Å². The first-order chi connectivity index (χ1) is 10.0. The summed E-state index contributed by atoms with van der Waals surface area (Å²) in [6.07, 6.45) is 4.44. The molecular formula is C16H21FN2O2. The minimum Gasteiger partial charge on any atom is -0.388 e. The second kappa shape index (κ2) is 5.30. The zero-order chi connectivity index (χ0) is 14.9. The van der Waals surface area contributed by atoms with Gasteiger partial charge in [0, 0.05) is 18.5 Å². The van der Waals surface area contributed by atoms with Crippen LogP contribution in [0.5, 0.6) is 0 Å². The number of amides is 2. The van der Waals surface area contributed by atoms with Gasteiger partial charge in [0.15, 0.2) is 0 Å². The van der Waals surface area contributed by atoms with E-state index in [1.807, 2.05) is 6.07 Å². The molecule has 3 N–H and O–H groups in total. The fraction of sp³-hybridized carbons (Fsp3) is 0.562. The molecule has 3 rings (SSSR count). The highest BCUT2D eigenvalue weighted by Crippen LogP contribution is 2.47. The molecule has 1 aromatic carbocycles. The zero-order valence-electron chi connectivity index (χ0n) is 12.0. The highest BCUT2D eigenvalue weighted by molar-refractivity contribution is 5.74. The first-order valence-corrected chi connectivity index (χ1v) is 7.52. The van der Waals surface area contributed by atoms with Gasteiger partial charge in [0.1, 0.15) is 5.82 Å². The van der Waals surface area contributed by atoms with E-state index in [1.54, 1.807) is 12.1 Å². The summed E-state index contributed by atoms with van der Waals surface area (Å²) < 4.78 is 13.3. The molecule has 0 aromatic heterocycles. The Morgan fingerprint density at radius 3 is 2.48 bits per heavy atom. The van der Waals surface area contributed by atoms with Crippen LogP contribution >= 0.6 is 0 Å². The van der Waals surface area contributed by atoms with E-state index < -0.39 is 5.60 Å². The zero-order valence-corrected chi connectivity index (χ0v) is 12.0. The predicted molar refractivity (Wildman–Crippen MR) is 77.5 cm³/mol. The van der Waals surface area contributed by atoms with E-state index in [4.69, 9.17) is 0 Å². The molecule has 0 saturated heterocycles. The second-order valence-corrected chi connectivity index (χ2v) is 6.40. The molecule has 1 aromatic rings. The highest BCUT2D eigenvalue weighted by Gasteiger charge is 2.44. The summed E-state index contributed by atoms with van der Waals surface area (Å²) in [7, 11) is 0. The van der Waals surface area contributed by atoms with Crippen molar-refractivity contribution < 1.29 is 14.3 Å². The lowest BCUT2D eigenvalue weighted by Crippen LogP contribution is -2.50. The van der Waals surface area contributed by atoms with Crippen molar-refractivity contribution in [2.75, 3.05) is 13.1 Å². The molecule has 0 aliphatic heterocycles. The summed E-state index contributed by atoms with van der Waals surface area (Å²) in [6, 6.07) is 6.32. The van der Waals surface area contributed by atoms with E-state index in [0.29, 0.717) is 13.1 Å². The average Bonchev–Trinajstić information content (AvgIpc) is 3.22. The minimum absolute atomic E-state index is 0.118. The molecule has 5 heteroatoms. The number of benzene rings is 1. The third-order valence-corrected chi connectivity index (χ3v) is 4.74. The molecule has 0 bridgehead atoms. The van der Waals surface area contributed by atoms with Crippen molar-refractivity contribution in [1.82, 2.24) is 10.6 Å². The molecule has 2 fully saturated rings. The molecule has 2 aliphatic rings. The molecular weight excluding hydrogens is 271 g/mol. The average molecular weight is 292 g/mol. The van der Waals surface area contributed by atoms with Crippen LogP contribution in [0, 0.1) is 5.82 Å². The molecule has 0 unspecified atom stereocenters. The number of halogens is 1. The summed E-state index contributed by atoms with van der Waals surface area (Å²) in [5.74, 6) is -0.240. The van der Waals surface area contributed by atoms with Crippen LogP contribution in [0.4, 0.5) is 9.18 Å². The van der Waals surface area contributed by atoms with E-state index in [0.717, 1.165) is 37.7 Å². The fourth-order valence-electron chi connectivity index (χ4n) is 2.86. The standard InChI is InChI=1S/C16H21FN2O2/c17-13-4-1-3-12(9-13)15(7-8-15)10-18-14(20)19-11-16(21)5-2-6-16/h1,3-4,9,21H,2,5-8,10-11H2,(H2,18,19,20). The van der Waals surface area contributed by atoms with E-state index >= 15 is 0 Å². The van der Waals surface area contributed by atoms with Crippen molar-refractivity contribution in [2.24, 2.45) is 0 Å². The van der Waals surface area contributed by atoms with Crippen molar-refractivity contribution in [3.63, 3.8) is 0 Å². The number of nitrogens with one attached hydrogen (secondary N) is 2. The lowest BCUT2D eigenvalue weighted by molar-refractivity contribution is -0.0290. The van der Waals surface area contributed by atoms with Gasteiger partial charge in [0.25, 0.3) is 0 Å². The summed E-state index contributed by atoms with van der Waals surface area (Å²) in [4.78, 5) is 11.8. The van der Waals surface area contributed by atoms with Crippen molar-refractivity contribution in [3.05, 3.63) is 35.6 Å². The predicted octanol–water partition coefficient (Wildman–Crippen LogP) is 2.07. The fourth-order valence-corrected chi connectivity index (χ4v) is 2.86.